The van der Waals surface area contributed by atoms with Gasteiger partial charge in [0.1, 0.15) is 0 Å². The molecule has 0 N–H and O–H groups in total. The van der Waals surface area contributed by atoms with Gasteiger partial charge in [-0.2, -0.15) is 4.79 Å². The SMILES string of the molecule is COC(=O)C(=[N+]=[N-])C(=O)c1cccc(Cl)c1. The van der Waals surface area contributed by atoms with Gasteiger partial charge in [0.25, 0.3) is 5.78 Å². The molecule has 0 atom stereocenters. The smallest absolute Gasteiger partial charge is 0.446 e. The molecule has 0 aliphatic heterocycles. The lowest BCUT2D eigenvalue weighted by Crippen LogP contribution is -2.26. The summed E-state index contributed by atoms with van der Waals surface area (Å²) in [7, 11) is 1.08. The summed E-state index contributed by atoms with van der Waals surface area (Å²) in [5.74, 6) is -1.76. The van der Waals surface area contributed by atoms with Gasteiger partial charge in [0.2, 0.25) is 0 Å². The van der Waals surface area contributed by atoms with Gasteiger partial charge in [-0.25, -0.2) is 4.79 Å². The van der Waals surface area contributed by atoms with Crippen LogP contribution in [0.15, 0.2) is 24.3 Å². The van der Waals surface area contributed by atoms with Crippen molar-refractivity contribution in [2.75, 3.05) is 7.11 Å². The fraction of sp³-hybridized carbons (Fsp3) is 0.100. The second-order valence-corrected chi connectivity index (χ2v) is 3.22. The van der Waals surface area contributed by atoms with Crippen LogP contribution in [0.3, 0.4) is 0 Å². The molecule has 0 radical (unpaired) electrons. The van der Waals surface area contributed by atoms with Gasteiger partial charge < -0.3 is 10.3 Å². The van der Waals surface area contributed by atoms with Gasteiger partial charge in [0.05, 0.1) is 7.11 Å². The van der Waals surface area contributed by atoms with Crippen LogP contribution < -0.4 is 0 Å². The third-order valence-corrected chi connectivity index (χ3v) is 2.02. The Hall–Kier alpha value is -1.97. The number of carbonyl (C=O) groups excluding carboxylic acids is 2. The second-order valence-electron chi connectivity index (χ2n) is 2.78. The predicted octanol–water partition coefficient (Wildman–Crippen LogP) is 1.37. The van der Waals surface area contributed by atoms with E-state index in [-0.39, 0.29) is 5.56 Å². The van der Waals surface area contributed by atoms with Gasteiger partial charge >= 0.3 is 11.7 Å². The molecule has 0 saturated carbocycles. The Morgan fingerprint density at radius 3 is 2.62 bits per heavy atom. The van der Waals surface area contributed by atoms with Crippen LogP contribution in [0, 0.1) is 0 Å². The molecule has 1 aromatic rings. The van der Waals surface area contributed by atoms with Gasteiger partial charge in [-0.05, 0) is 12.1 Å². The van der Waals surface area contributed by atoms with Crippen LogP contribution in [0.5, 0.6) is 0 Å². The number of halogens is 1. The standard InChI is InChI=1S/C10H7ClN2O3/c1-16-10(15)8(13-12)9(14)6-3-2-4-7(11)5-6/h2-5H,1H3. The number of nitrogens with zero attached hydrogens (tertiary/aromatic N) is 2. The molecule has 0 aromatic heterocycles. The Kier molecular flexibility index (Phi) is 3.94. The van der Waals surface area contributed by atoms with E-state index in [0.717, 1.165) is 7.11 Å². The molecule has 1 aromatic carbocycles. The summed E-state index contributed by atoms with van der Waals surface area (Å²) < 4.78 is 4.29. The first-order valence-electron chi connectivity index (χ1n) is 4.20. The van der Waals surface area contributed by atoms with Crippen molar-refractivity contribution in [3.8, 4) is 0 Å². The topological polar surface area (TPSA) is 79.8 Å². The Morgan fingerprint density at radius 2 is 2.12 bits per heavy atom. The van der Waals surface area contributed by atoms with E-state index in [4.69, 9.17) is 17.1 Å². The monoisotopic (exact) mass is 238 g/mol. The van der Waals surface area contributed by atoms with Crippen LogP contribution in [-0.2, 0) is 9.53 Å². The highest BCUT2D eigenvalue weighted by Gasteiger charge is 2.31. The maximum absolute atomic E-state index is 11.7. The molecule has 16 heavy (non-hydrogen) atoms. The van der Waals surface area contributed by atoms with Gasteiger partial charge in [-0.1, -0.05) is 23.7 Å². The summed E-state index contributed by atoms with van der Waals surface area (Å²) >= 11 is 5.68. The predicted molar refractivity (Wildman–Crippen MR) is 56.4 cm³/mol. The molecule has 0 unspecified atom stereocenters. The lowest BCUT2D eigenvalue weighted by Gasteiger charge is -1.96. The largest absolute Gasteiger partial charge is 0.460 e. The van der Waals surface area contributed by atoms with Crippen LogP contribution in [0.25, 0.3) is 5.53 Å². The molecule has 0 spiro atoms. The highest BCUT2D eigenvalue weighted by molar-refractivity contribution is 6.65. The van der Waals surface area contributed by atoms with Crippen molar-refractivity contribution in [3.63, 3.8) is 0 Å². The third kappa shape index (κ3) is 2.53. The average Bonchev–Trinajstić information content (AvgIpc) is 2.29. The van der Waals surface area contributed by atoms with E-state index < -0.39 is 17.5 Å². The van der Waals surface area contributed by atoms with Crippen molar-refractivity contribution >= 4 is 29.1 Å². The average molecular weight is 239 g/mol. The number of hydrogen-bond donors (Lipinski definition) is 0. The highest BCUT2D eigenvalue weighted by Crippen LogP contribution is 2.11. The number of esters is 1. The molecular weight excluding hydrogens is 232 g/mol. The number of Topliss-reactive ketones (excluding diaryl/α,β-unsaturated/α-hetero) is 1. The molecule has 5 nitrogen and oxygen atoms in total. The van der Waals surface area contributed by atoms with E-state index in [1.54, 1.807) is 12.1 Å². The first-order valence-corrected chi connectivity index (χ1v) is 4.58. The minimum Gasteiger partial charge on any atom is -0.460 e. The van der Waals surface area contributed by atoms with E-state index in [1.807, 2.05) is 0 Å². The Balaban J connectivity index is 3.11. The van der Waals surface area contributed by atoms with Crippen molar-refractivity contribution in [2.24, 2.45) is 0 Å². The minimum atomic E-state index is -1.01. The highest BCUT2D eigenvalue weighted by atomic mass is 35.5. The summed E-state index contributed by atoms with van der Waals surface area (Å²) in [6.45, 7) is 0. The summed E-state index contributed by atoms with van der Waals surface area (Å²) in [5, 5.41) is 0.341. The van der Waals surface area contributed by atoms with Crippen molar-refractivity contribution < 1.29 is 19.1 Å². The lowest BCUT2D eigenvalue weighted by atomic mass is 10.1. The number of ether oxygens (including phenoxy) is 1. The van der Waals surface area contributed by atoms with E-state index in [2.05, 4.69) is 9.53 Å². The Bertz CT molecular complexity index is 493. The summed E-state index contributed by atoms with van der Waals surface area (Å²) in [4.78, 5) is 25.4. The maximum Gasteiger partial charge on any atom is 0.446 e. The zero-order valence-electron chi connectivity index (χ0n) is 8.31. The number of hydrogen-bond acceptors (Lipinski definition) is 3. The van der Waals surface area contributed by atoms with E-state index >= 15 is 0 Å². The summed E-state index contributed by atoms with van der Waals surface area (Å²) in [6.07, 6.45) is 0. The molecule has 0 saturated heterocycles. The van der Waals surface area contributed by atoms with E-state index in [0.29, 0.717) is 5.02 Å². The van der Waals surface area contributed by atoms with Crippen LogP contribution in [0.4, 0.5) is 0 Å². The molecule has 6 heteroatoms. The zero-order chi connectivity index (χ0) is 12.1. The van der Waals surface area contributed by atoms with Gasteiger partial charge in [-0.15, -0.1) is 0 Å². The van der Waals surface area contributed by atoms with Crippen molar-refractivity contribution in [2.45, 2.75) is 0 Å². The van der Waals surface area contributed by atoms with Crippen molar-refractivity contribution in [3.05, 3.63) is 40.4 Å². The molecule has 0 bridgehead atoms. The van der Waals surface area contributed by atoms with E-state index in [9.17, 15) is 9.59 Å². The van der Waals surface area contributed by atoms with Crippen LogP contribution in [-0.4, -0.2) is 29.4 Å². The molecule has 0 aliphatic rings. The van der Waals surface area contributed by atoms with Gasteiger partial charge in [-0.3, -0.25) is 4.79 Å². The molecular formula is C10H7ClN2O3. The molecule has 0 amide bonds. The normalized spacial score (nSPS) is 9.12. The molecule has 1 rings (SSSR count). The van der Waals surface area contributed by atoms with Gasteiger partial charge in [0.15, 0.2) is 0 Å². The maximum atomic E-state index is 11.7. The zero-order valence-corrected chi connectivity index (χ0v) is 9.06. The minimum absolute atomic E-state index is 0.144. The quantitative estimate of drug-likeness (QED) is 0.199. The molecule has 0 fully saturated rings. The number of ketones is 1. The molecule has 82 valence electrons. The van der Waals surface area contributed by atoms with Crippen molar-refractivity contribution in [1.82, 2.24) is 0 Å². The van der Waals surface area contributed by atoms with Crippen LogP contribution >= 0.6 is 11.6 Å². The number of carbonyl (C=O) groups is 2. The van der Waals surface area contributed by atoms with E-state index in [1.165, 1.54) is 12.1 Å². The Labute approximate surface area is 96.2 Å². The first-order chi connectivity index (χ1) is 7.60. The van der Waals surface area contributed by atoms with Crippen molar-refractivity contribution in [1.29, 1.82) is 0 Å². The Morgan fingerprint density at radius 1 is 1.44 bits per heavy atom. The van der Waals surface area contributed by atoms with Gasteiger partial charge in [0, 0.05) is 10.6 Å². The molecule has 0 aliphatic carbocycles. The number of methoxy groups -OCH3 is 1. The molecule has 0 heterocycles. The van der Waals surface area contributed by atoms with Crippen LogP contribution in [0.2, 0.25) is 5.02 Å². The number of benzene rings is 1. The number of rotatable bonds is 3. The summed E-state index contributed by atoms with van der Waals surface area (Å²) in [6, 6.07) is 5.93. The van der Waals surface area contributed by atoms with Crippen LogP contribution in [0.1, 0.15) is 10.4 Å². The summed E-state index contributed by atoms with van der Waals surface area (Å²) in [5.41, 5.74) is 8.02. The second kappa shape index (κ2) is 5.21. The third-order valence-electron chi connectivity index (χ3n) is 1.78. The fourth-order valence-corrected chi connectivity index (χ4v) is 1.23. The first kappa shape index (κ1) is 12.1. The fourth-order valence-electron chi connectivity index (χ4n) is 1.04. The lowest BCUT2D eigenvalue weighted by molar-refractivity contribution is -0.137.